The van der Waals surface area contributed by atoms with E-state index in [1.807, 2.05) is 70.2 Å². The van der Waals surface area contributed by atoms with E-state index in [-0.39, 0.29) is 18.4 Å². The average Bonchev–Trinajstić information content (AvgIpc) is 2.75. The molecule has 0 aliphatic carbocycles. The number of carbonyl (C=O) groups excluding carboxylic acids is 2. The topological polar surface area (TPSA) is 58.6 Å². The van der Waals surface area contributed by atoms with E-state index in [4.69, 9.17) is 4.74 Å². The molecular weight excluding hydrogens is 388 g/mol. The minimum Gasteiger partial charge on any atom is -0.484 e. The van der Waals surface area contributed by atoms with Crippen molar-refractivity contribution < 1.29 is 14.3 Å². The summed E-state index contributed by atoms with van der Waals surface area (Å²) in [6.07, 6.45) is 2.47. The summed E-state index contributed by atoms with van der Waals surface area (Å²) in [6.45, 7) is 11.0. The van der Waals surface area contributed by atoms with Gasteiger partial charge in [0.2, 0.25) is 5.91 Å². The molecule has 0 bridgehead atoms. The van der Waals surface area contributed by atoms with Crippen LogP contribution in [0.5, 0.6) is 5.75 Å². The molecule has 1 atom stereocenters. The van der Waals surface area contributed by atoms with E-state index in [2.05, 4.69) is 12.2 Å². The first-order valence-electron chi connectivity index (χ1n) is 11.2. The van der Waals surface area contributed by atoms with Gasteiger partial charge in [-0.15, -0.1) is 0 Å². The molecule has 0 aliphatic rings. The summed E-state index contributed by atoms with van der Waals surface area (Å²) >= 11 is 0. The molecule has 0 spiro atoms. The quantitative estimate of drug-likeness (QED) is 0.531. The van der Waals surface area contributed by atoms with Crippen LogP contribution in [-0.2, 0) is 16.1 Å². The number of benzene rings is 2. The molecule has 0 aromatic heterocycles. The van der Waals surface area contributed by atoms with Crippen molar-refractivity contribution in [2.24, 2.45) is 0 Å². The molecule has 0 aliphatic heterocycles. The summed E-state index contributed by atoms with van der Waals surface area (Å²) < 4.78 is 5.79. The van der Waals surface area contributed by atoms with Gasteiger partial charge in [-0.3, -0.25) is 9.59 Å². The molecule has 0 unspecified atom stereocenters. The largest absolute Gasteiger partial charge is 0.484 e. The summed E-state index contributed by atoms with van der Waals surface area (Å²) in [5.41, 5.74) is 4.44. The lowest BCUT2D eigenvalue weighted by molar-refractivity contribution is -0.143. The van der Waals surface area contributed by atoms with Crippen molar-refractivity contribution in [3.63, 3.8) is 0 Å². The lowest BCUT2D eigenvalue weighted by atomic mass is 10.1. The molecule has 31 heavy (non-hydrogen) atoms. The Morgan fingerprint density at radius 1 is 1.00 bits per heavy atom. The van der Waals surface area contributed by atoms with Crippen molar-refractivity contribution in [1.82, 2.24) is 10.2 Å². The van der Waals surface area contributed by atoms with Crippen LogP contribution in [0.15, 0.2) is 42.5 Å². The summed E-state index contributed by atoms with van der Waals surface area (Å²) in [6, 6.07) is 13.3. The zero-order valence-electron chi connectivity index (χ0n) is 19.5. The third-order valence-corrected chi connectivity index (χ3v) is 5.53. The molecule has 5 heteroatoms. The van der Waals surface area contributed by atoms with E-state index >= 15 is 0 Å². The minimum atomic E-state index is -0.533. The first-order valence-corrected chi connectivity index (χ1v) is 11.2. The zero-order valence-corrected chi connectivity index (χ0v) is 19.5. The van der Waals surface area contributed by atoms with Crippen molar-refractivity contribution in [1.29, 1.82) is 0 Å². The van der Waals surface area contributed by atoms with Crippen LogP contribution in [0.1, 0.15) is 55.4 Å². The van der Waals surface area contributed by atoms with Gasteiger partial charge in [0, 0.05) is 13.1 Å². The van der Waals surface area contributed by atoms with Gasteiger partial charge in [0.15, 0.2) is 6.61 Å². The number of hydrogen-bond donors (Lipinski definition) is 1. The van der Waals surface area contributed by atoms with E-state index < -0.39 is 6.04 Å². The Hall–Kier alpha value is -2.82. The molecule has 168 valence electrons. The smallest absolute Gasteiger partial charge is 0.261 e. The summed E-state index contributed by atoms with van der Waals surface area (Å²) in [5.74, 6) is 0.353. The Labute approximate surface area is 186 Å². The molecular formula is C26H36N2O3. The van der Waals surface area contributed by atoms with Crippen LogP contribution >= 0.6 is 0 Å². The van der Waals surface area contributed by atoms with Crippen LogP contribution < -0.4 is 10.1 Å². The normalized spacial score (nSPS) is 11.6. The molecule has 5 nitrogen and oxygen atoms in total. The maximum atomic E-state index is 13.2. The predicted molar refractivity (Wildman–Crippen MR) is 125 cm³/mol. The monoisotopic (exact) mass is 424 g/mol. The standard InChI is InChI=1S/C26H36N2O3/c1-6-8-15-27-26(30)24(7-2)28(17-22-12-9-19(3)10-13-22)25(29)18-31-23-14-11-20(4)21(5)16-23/h9-14,16,24H,6-8,15,17-18H2,1-5H3,(H,27,30)/t24-/m1/s1. The van der Waals surface area contributed by atoms with E-state index in [0.717, 1.165) is 29.5 Å². The van der Waals surface area contributed by atoms with Crippen LogP contribution in [0.3, 0.4) is 0 Å². The molecule has 0 radical (unpaired) electrons. The number of aryl methyl sites for hydroxylation is 3. The van der Waals surface area contributed by atoms with Gasteiger partial charge in [0.1, 0.15) is 11.8 Å². The predicted octanol–water partition coefficient (Wildman–Crippen LogP) is 4.71. The summed E-state index contributed by atoms with van der Waals surface area (Å²) in [5, 5.41) is 2.98. The Bertz CT molecular complexity index is 861. The average molecular weight is 425 g/mol. The maximum absolute atomic E-state index is 13.2. The van der Waals surface area contributed by atoms with Crippen LogP contribution in [-0.4, -0.2) is 35.9 Å². The first kappa shape index (κ1) is 24.4. The van der Waals surface area contributed by atoms with Crippen LogP contribution in [0.4, 0.5) is 0 Å². The van der Waals surface area contributed by atoms with E-state index in [1.165, 1.54) is 5.56 Å². The molecule has 0 saturated heterocycles. The van der Waals surface area contributed by atoms with Gasteiger partial charge in [-0.2, -0.15) is 0 Å². The SMILES string of the molecule is CCCCNC(=O)[C@@H](CC)N(Cc1ccc(C)cc1)C(=O)COc1ccc(C)c(C)c1. The first-order chi connectivity index (χ1) is 14.8. The highest BCUT2D eigenvalue weighted by atomic mass is 16.5. The number of nitrogens with zero attached hydrogens (tertiary/aromatic N) is 1. The van der Waals surface area contributed by atoms with Crippen molar-refractivity contribution in [3.05, 3.63) is 64.7 Å². The van der Waals surface area contributed by atoms with E-state index in [9.17, 15) is 9.59 Å². The zero-order chi connectivity index (χ0) is 22.8. The number of ether oxygens (including phenoxy) is 1. The number of rotatable bonds is 11. The number of hydrogen-bond acceptors (Lipinski definition) is 3. The third-order valence-electron chi connectivity index (χ3n) is 5.53. The minimum absolute atomic E-state index is 0.104. The van der Waals surface area contributed by atoms with Crippen LogP contribution in [0.25, 0.3) is 0 Å². The fourth-order valence-corrected chi connectivity index (χ4v) is 3.35. The molecule has 2 aromatic rings. The number of amides is 2. The Morgan fingerprint density at radius 2 is 1.71 bits per heavy atom. The van der Waals surface area contributed by atoms with Gasteiger partial charge in [0.05, 0.1) is 0 Å². The lowest BCUT2D eigenvalue weighted by Crippen LogP contribution is -2.50. The van der Waals surface area contributed by atoms with Crippen molar-refractivity contribution in [3.8, 4) is 5.75 Å². The Balaban J connectivity index is 2.17. The van der Waals surface area contributed by atoms with Crippen molar-refractivity contribution >= 4 is 11.8 Å². The van der Waals surface area contributed by atoms with Crippen LogP contribution in [0, 0.1) is 20.8 Å². The number of nitrogens with one attached hydrogen (secondary N) is 1. The molecule has 1 N–H and O–H groups in total. The molecule has 0 saturated carbocycles. The second kappa shape index (κ2) is 12.1. The third kappa shape index (κ3) is 7.42. The van der Waals surface area contributed by atoms with Gasteiger partial charge >= 0.3 is 0 Å². The summed E-state index contributed by atoms with van der Waals surface area (Å²) in [4.78, 5) is 27.7. The highest BCUT2D eigenvalue weighted by molar-refractivity contribution is 5.88. The Kier molecular flexibility index (Phi) is 9.57. The fourth-order valence-electron chi connectivity index (χ4n) is 3.35. The van der Waals surface area contributed by atoms with Crippen molar-refractivity contribution in [2.45, 2.75) is 66.5 Å². The molecule has 0 heterocycles. The molecule has 2 amide bonds. The maximum Gasteiger partial charge on any atom is 0.261 e. The Morgan fingerprint density at radius 3 is 2.32 bits per heavy atom. The van der Waals surface area contributed by atoms with Crippen molar-refractivity contribution in [2.75, 3.05) is 13.2 Å². The molecule has 2 aromatic carbocycles. The second-order valence-corrected chi connectivity index (χ2v) is 8.11. The lowest BCUT2D eigenvalue weighted by Gasteiger charge is -2.30. The second-order valence-electron chi connectivity index (χ2n) is 8.11. The summed E-state index contributed by atoms with van der Waals surface area (Å²) in [7, 11) is 0. The highest BCUT2D eigenvalue weighted by Crippen LogP contribution is 2.18. The van der Waals surface area contributed by atoms with Gasteiger partial charge in [0.25, 0.3) is 5.91 Å². The van der Waals surface area contributed by atoms with E-state index in [0.29, 0.717) is 25.3 Å². The number of unbranched alkanes of at least 4 members (excludes halogenated alkanes) is 1. The van der Waals surface area contributed by atoms with Gasteiger partial charge in [-0.1, -0.05) is 56.2 Å². The fraction of sp³-hybridized carbons (Fsp3) is 0.462. The molecule has 0 fully saturated rings. The number of carbonyl (C=O) groups is 2. The van der Waals surface area contributed by atoms with Gasteiger partial charge < -0.3 is 15.0 Å². The van der Waals surface area contributed by atoms with E-state index in [1.54, 1.807) is 4.90 Å². The highest BCUT2D eigenvalue weighted by Gasteiger charge is 2.28. The van der Waals surface area contributed by atoms with Crippen LogP contribution in [0.2, 0.25) is 0 Å². The van der Waals surface area contributed by atoms with Gasteiger partial charge in [-0.05, 0) is 62.4 Å². The molecule has 2 rings (SSSR count). The van der Waals surface area contributed by atoms with Gasteiger partial charge in [-0.25, -0.2) is 0 Å².